The van der Waals surface area contributed by atoms with Crippen LogP contribution in [-0.2, 0) is 14.6 Å². The monoisotopic (exact) mass is 302 g/mol. The summed E-state index contributed by atoms with van der Waals surface area (Å²) >= 11 is 0. The lowest BCUT2D eigenvalue weighted by atomic mass is 10.0. The average molecular weight is 302 g/mol. The van der Waals surface area contributed by atoms with E-state index in [2.05, 4.69) is 26.1 Å². The van der Waals surface area contributed by atoms with Gasteiger partial charge in [-0.15, -0.1) is 0 Å². The van der Waals surface area contributed by atoms with Crippen LogP contribution in [0.25, 0.3) is 0 Å². The Hall–Kier alpha value is -0.620. The van der Waals surface area contributed by atoms with E-state index < -0.39 is 9.84 Å². The van der Waals surface area contributed by atoms with Gasteiger partial charge < -0.3 is 4.90 Å². The highest BCUT2D eigenvalue weighted by molar-refractivity contribution is 7.91. The van der Waals surface area contributed by atoms with E-state index in [9.17, 15) is 13.2 Å². The molecular weight excluding hydrogens is 276 g/mol. The molecule has 3 atom stereocenters. The van der Waals surface area contributed by atoms with E-state index in [1.165, 1.54) is 0 Å². The molecule has 3 unspecified atom stereocenters. The zero-order valence-corrected chi connectivity index (χ0v) is 13.4. The minimum absolute atomic E-state index is 0.00884. The minimum Gasteiger partial charge on any atom is -0.322 e. The molecule has 116 valence electrons. The highest BCUT2D eigenvalue weighted by Crippen LogP contribution is 2.27. The average Bonchev–Trinajstić information content (AvgIpc) is 2.81. The van der Waals surface area contributed by atoms with Crippen molar-refractivity contribution in [3.8, 4) is 0 Å². The van der Waals surface area contributed by atoms with Gasteiger partial charge in [0.25, 0.3) is 0 Å². The summed E-state index contributed by atoms with van der Waals surface area (Å²) in [6, 6.07) is -0.274. The van der Waals surface area contributed by atoms with Crippen LogP contribution in [0.3, 0.4) is 0 Å². The lowest BCUT2D eigenvalue weighted by Crippen LogP contribution is -2.45. The third kappa shape index (κ3) is 3.34. The van der Waals surface area contributed by atoms with Crippen molar-refractivity contribution in [2.45, 2.75) is 64.7 Å². The van der Waals surface area contributed by atoms with E-state index in [1.54, 1.807) is 0 Å². The number of hydrogen-bond acceptors (Lipinski definition) is 4. The Morgan fingerprint density at radius 3 is 2.60 bits per heavy atom. The zero-order valence-electron chi connectivity index (χ0n) is 12.6. The van der Waals surface area contributed by atoms with Crippen molar-refractivity contribution in [1.29, 1.82) is 0 Å². The second-order valence-electron chi connectivity index (χ2n) is 6.46. The number of nitrogens with one attached hydrogen (secondary N) is 1. The first-order valence-electron chi connectivity index (χ1n) is 7.62. The Morgan fingerprint density at radius 2 is 2.10 bits per heavy atom. The second kappa shape index (κ2) is 6.02. The fourth-order valence-corrected chi connectivity index (χ4v) is 4.99. The SMILES string of the molecule is CCCC1NC(CC(C)C)C(=O)N1C1CCS(=O)(=O)C1. The molecule has 2 fully saturated rings. The van der Waals surface area contributed by atoms with Crippen LogP contribution in [0.1, 0.15) is 46.5 Å². The number of nitrogens with zero attached hydrogens (tertiary/aromatic N) is 1. The molecular formula is C14H26N2O3S. The summed E-state index contributed by atoms with van der Waals surface area (Å²) < 4.78 is 23.3. The molecule has 20 heavy (non-hydrogen) atoms. The Labute approximate surface area is 122 Å². The number of sulfone groups is 1. The number of rotatable bonds is 5. The van der Waals surface area contributed by atoms with Crippen LogP contribution < -0.4 is 5.32 Å². The molecule has 2 heterocycles. The largest absolute Gasteiger partial charge is 0.322 e. The molecule has 0 bridgehead atoms. The third-order valence-electron chi connectivity index (χ3n) is 4.15. The van der Waals surface area contributed by atoms with Crippen LogP contribution in [-0.4, -0.2) is 49.0 Å². The molecule has 1 N–H and O–H groups in total. The molecule has 2 saturated heterocycles. The van der Waals surface area contributed by atoms with E-state index in [0.29, 0.717) is 12.3 Å². The van der Waals surface area contributed by atoms with Gasteiger partial charge in [-0.05, 0) is 25.2 Å². The normalized spacial score (nSPS) is 33.3. The molecule has 0 aromatic rings. The predicted octanol–water partition coefficient (Wildman–Crippen LogP) is 1.15. The maximum absolute atomic E-state index is 12.6. The molecule has 1 amide bonds. The summed E-state index contributed by atoms with van der Waals surface area (Å²) in [7, 11) is -2.96. The van der Waals surface area contributed by atoms with Crippen LogP contribution >= 0.6 is 0 Å². The number of hydrogen-bond donors (Lipinski definition) is 1. The first-order chi connectivity index (χ1) is 9.34. The van der Waals surface area contributed by atoms with Crippen LogP contribution in [0.4, 0.5) is 0 Å². The van der Waals surface area contributed by atoms with E-state index in [-0.39, 0.29) is 35.7 Å². The molecule has 2 rings (SSSR count). The van der Waals surface area contributed by atoms with Gasteiger partial charge in [-0.25, -0.2) is 8.42 Å². The fourth-order valence-electron chi connectivity index (χ4n) is 3.28. The van der Waals surface area contributed by atoms with E-state index in [4.69, 9.17) is 0 Å². The van der Waals surface area contributed by atoms with E-state index in [1.807, 2.05) is 4.90 Å². The lowest BCUT2D eigenvalue weighted by Gasteiger charge is -2.29. The smallest absolute Gasteiger partial charge is 0.241 e. The van der Waals surface area contributed by atoms with Crippen LogP contribution in [0.2, 0.25) is 0 Å². The summed E-state index contributed by atoms with van der Waals surface area (Å²) in [6.07, 6.45) is 3.28. The Balaban J connectivity index is 2.13. The van der Waals surface area contributed by atoms with Crippen LogP contribution in [0, 0.1) is 5.92 Å². The molecule has 5 nitrogen and oxygen atoms in total. The Bertz CT molecular complexity index is 461. The molecule has 0 aromatic heterocycles. The standard InChI is InChI=1S/C14H26N2O3S/c1-4-5-13-15-12(8-10(2)3)14(17)16(13)11-6-7-20(18,19)9-11/h10-13,15H,4-9H2,1-3H3. The summed E-state index contributed by atoms with van der Waals surface area (Å²) in [5.41, 5.74) is 0. The topological polar surface area (TPSA) is 66.5 Å². The highest BCUT2D eigenvalue weighted by atomic mass is 32.2. The number of amides is 1. The Kier molecular flexibility index (Phi) is 4.74. The second-order valence-corrected chi connectivity index (χ2v) is 8.68. The first kappa shape index (κ1) is 15.8. The van der Waals surface area contributed by atoms with Crippen LogP contribution in [0.5, 0.6) is 0 Å². The van der Waals surface area contributed by atoms with E-state index in [0.717, 1.165) is 19.3 Å². The zero-order chi connectivity index (χ0) is 14.9. The van der Waals surface area contributed by atoms with Gasteiger partial charge in [-0.2, -0.15) is 0 Å². The number of carbonyl (C=O) groups excluding carboxylic acids is 1. The quantitative estimate of drug-likeness (QED) is 0.827. The maximum Gasteiger partial charge on any atom is 0.241 e. The van der Waals surface area contributed by atoms with Crippen LogP contribution in [0.15, 0.2) is 0 Å². The summed E-state index contributed by atoms with van der Waals surface area (Å²) in [6.45, 7) is 6.30. The van der Waals surface area contributed by atoms with E-state index >= 15 is 0 Å². The third-order valence-corrected chi connectivity index (χ3v) is 5.90. The van der Waals surface area contributed by atoms with Gasteiger partial charge in [0.05, 0.1) is 23.7 Å². The van der Waals surface area contributed by atoms with Crippen molar-refractivity contribution >= 4 is 15.7 Å². The van der Waals surface area contributed by atoms with Gasteiger partial charge in [-0.3, -0.25) is 10.1 Å². The van der Waals surface area contributed by atoms with Gasteiger partial charge in [-0.1, -0.05) is 27.2 Å². The van der Waals surface area contributed by atoms with Gasteiger partial charge in [0, 0.05) is 6.04 Å². The Morgan fingerprint density at radius 1 is 1.40 bits per heavy atom. The predicted molar refractivity (Wildman–Crippen MR) is 79.0 cm³/mol. The first-order valence-corrected chi connectivity index (χ1v) is 9.45. The van der Waals surface area contributed by atoms with Crippen molar-refractivity contribution in [2.75, 3.05) is 11.5 Å². The molecule has 0 aliphatic carbocycles. The van der Waals surface area contributed by atoms with Crippen molar-refractivity contribution in [3.05, 3.63) is 0 Å². The molecule has 0 saturated carbocycles. The highest BCUT2D eigenvalue weighted by Gasteiger charge is 2.45. The minimum atomic E-state index is -2.96. The maximum atomic E-state index is 12.6. The number of carbonyl (C=O) groups is 1. The van der Waals surface area contributed by atoms with Crippen molar-refractivity contribution in [1.82, 2.24) is 10.2 Å². The lowest BCUT2D eigenvalue weighted by molar-refractivity contribution is -0.132. The van der Waals surface area contributed by atoms with Gasteiger partial charge in [0.15, 0.2) is 9.84 Å². The molecule has 0 aromatic carbocycles. The molecule has 2 aliphatic heterocycles. The van der Waals surface area contributed by atoms with Crippen molar-refractivity contribution < 1.29 is 13.2 Å². The summed E-state index contributed by atoms with van der Waals surface area (Å²) in [4.78, 5) is 14.4. The fraction of sp³-hybridized carbons (Fsp3) is 0.929. The molecule has 2 aliphatic rings. The summed E-state index contributed by atoms with van der Waals surface area (Å²) in [5.74, 6) is 0.898. The molecule has 6 heteroatoms. The van der Waals surface area contributed by atoms with Gasteiger partial charge >= 0.3 is 0 Å². The van der Waals surface area contributed by atoms with Gasteiger partial charge in [0.2, 0.25) is 5.91 Å². The van der Waals surface area contributed by atoms with Crippen molar-refractivity contribution in [3.63, 3.8) is 0 Å². The molecule has 0 radical (unpaired) electrons. The van der Waals surface area contributed by atoms with Gasteiger partial charge in [0.1, 0.15) is 0 Å². The van der Waals surface area contributed by atoms with Crippen molar-refractivity contribution in [2.24, 2.45) is 5.92 Å². The molecule has 0 spiro atoms. The summed E-state index contributed by atoms with van der Waals surface area (Å²) in [5, 5.41) is 3.41.